The summed E-state index contributed by atoms with van der Waals surface area (Å²) < 4.78 is 0. The van der Waals surface area contributed by atoms with Crippen LogP contribution in [0.25, 0.3) is 0 Å². The molecule has 1 aliphatic heterocycles. The van der Waals surface area contributed by atoms with Crippen molar-refractivity contribution in [2.24, 2.45) is 0 Å². The summed E-state index contributed by atoms with van der Waals surface area (Å²) in [5.74, 6) is 0. The first kappa shape index (κ1) is 14.5. The van der Waals surface area contributed by atoms with Crippen LogP contribution in [0.5, 0.6) is 0 Å². The van der Waals surface area contributed by atoms with E-state index in [1.54, 1.807) is 0 Å². The summed E-state index contributed by atoms with van der Waals surface area (Å²) in [6.45, 7) is 7.67. The fourth-order valence-corrected chi connectivity index (χ4v) is 2.64. The van der Waals surface area contributed by atoms with Gasteiger partial charge in [0.2, 0.25) is 0 Å². The molecule has 3 heteroatoms. The van der Waals surface area contributed by atoms with Crippen molar-refractivity contribution in [2.75, 3.05) is 19.6 Å². The lowest BCUT2D eigenvalue weighted by Crippen LogP contribution is -2.42. The number of nitriles is 1. The molecule has 1 saturated heterocycles. The number of rotatable bonds is 7. The third-order valence-corrected chi connectivity index (χ3v) is 3.72. The molecule has 0 spiro atoms. The minimum Gasteiger partial charge on any atom is -0.302 e. The highest BCUT2D eigenvalue weighted by Crippen LogP contribution is 2.19. The Balaban J connectivity index is 2.29. The summed E-state index contributed by atoms with van der Waals surface area (Å²) >= 11 is 0. The highest BCUT2D eigenvalue weighted by Gasteiger charge is 2.21. The van der Waals surface area contributed by atoms with Gasteiger partial charge in [-0.1, -0.05) is 20.3 Å². The standard InChI is InChI=1S/C14H27N3/c1-3-9-16-13(12-15)8-11-17-10-6-5-7-14(17)4-2/h13-14,16H,3-11H2,1-2H3. The maximum Gasteiger partial charge on any atom is 0.0965 e. The molecular weight excluding hydrogens is 210 g/mol. The second kappa shape index (κ2) is 8.49. The van der Waals surface area contributed by atoms with Crippen molar-refractivity contribution in [2.45, 2.75) is 64.5 Å². The lowest BCUT2D eigenvalue weighted by Gasteiger charge is -2.35. The Bertz CT molecular complexity index is 234. The van der Waals surface area contributed by atoms with Gasteiger partial charge in [-0.2, -0.15) is 5.26 Å². The molecule has 0 saturated carbocycles. The highest BCUT2D eigenvalue weighted by atomic mass is 15.2. The lowest BCUT2D eigenvalue weighted by atomic mass is 9.99. The monoisotopic (exact) mass is 237 g/mol. The molecule has 3 nitrogen and oxygen atoms in total. The van der Waals surface area contributed by atoms with Crippen LogP contribution in [0.15, 0.2) is 0 Å². The van der Waals surface area contributed by atoms with E-state index >= 15 is 0 Å². The van der Waals surface area contributed by atoms with E-state index in [2.05, 4.69) is 30.1 Å². The van der Waals surface area contributed by atoms with E-state index in [9.17, 15) is 0 Å². The predicted molar refractivity (Wildman–Crippen MR) is 71.8 cm³/mol. The van der Waals surface area contributed by atoms with Gasteiger partial charge < -0.3 is 10.2 Å². The molecule has 1 heterocycles. The first-order chi connectivity index (χ1) is 8.31. The van der Waals surface area contributed by atoms with Crippen molar-refractivity contribution in [1.82, 2.24) is 10.2 Å². The van der Waals surface area contributed by atoms with Gasteiger partial charge >= 0.3 is 0 Å². The number of nitrogens with one attached hydrogen (secondary N) is 1. The second-order valence-electron chi connectivity index (χ2n) is 5.02. The molecule has 1 N–H and O–H groups in total. The zero-order chi connectivity index (χ0) is 12.5. The van der Waals surface area contributed by atoms with Crippen LogP contribution < -0.4 is 5.32 Å². The van der Waals surface area contributed by atoms with E-state index in [0.29, 0.717) is 0 Å². The zero-order valence-electron chi connectivity index (χ0n) is 11.4. The Hall–Kier alpha value is -0.590. The van der Waals surface area contributed by atoms with Crippen molar-refractivity contribution in [3.05, 3.63) is 0 Å². The van der Waals surface area contributed by atoms with Gasteiger partial charge in [0.1, 0.15) is 0 Å². The molecule has 0 aromatic carbocycles. The van der Waals surface area contributed by atoms with Gasteiger partial charge in [-0.3, -0.25) is 0 Å². The van der Waals surface area contributed by atoms with Crippen LogP contribution in [-0.2, 0) is 0 Å². The number of nitrogens with zero attached hydrogens (tertiary/aromatic N) is 2. The van der Waals surface area contributed by atoms with Crippen LogP contribution in [0.4, 0.5) is 0 Å². The van der Waals surface area contributed by atoms with Gasteiger partial charge in [-0.25, -0.2) is 0 Å². The van der Waals surface area contributed by atoms with Gasteiger partial charge in [0.05, 0.1) is 12.1 Å². The normalized spacial score (nSPS) is 23.2. The van der Waals surface area contributed by atoms with Gasteiger partial charge in [0.25, 0.3) is 0 Å². The molecule has 98 valence electrons. The first-order valence-electron chi connectivity index (χ1n) is 7.18. The van der Waals surface area contributed by atoms with Gasteiger partial charge in [0, 0.05) is 12.6 Å². The van der Waals surface area contributed by atoms with Crippen LogP contribution in [0, 0.1) is 11.3 Å². The van der Waals surface area contributed by atoms with E-state index in [1.165, 1.54) is 32.2 Å². The molecule has 0 bridgehead atoms. The average molecular weight is 237 g/mol. The van der Waals surface area contributed by atoms with Crippen LogP contribution in [0.3, 0.4) is 0 Å². The largest absolute Gasteiger partial charge is 0.302 e. The molecule has 17 heavy (non-hydrogen) atoms. The highest BCUT2D eigenvalue weighted by molar-refractivity contribution is 4.90. The average Bonchev–Trinajstić information content (AvgIpc) is 2.39. The summed E-state index contributed by atoms with van der Waals surface area (Å²) in [4.78, 5) is 2.58. The third kappa shape index (κ3) is 5.06. The van der Waals surface area contributed by atoms with Crippen molar-refractivity contribution < 1.29 is 0 Å². The smallest absolute Gasteiger partial charge is 0.0965 e. The summed E-state index contributed by atoms with van der Waals surface area (Å²) in [7, 11) is 0. The molecular formula is C14H27N3. The lowest BCUT2D eigenvalue weighted by molar-refractivity contribution is 0.140. The molecule has 1 fully saturated rings. The quantitative estimate of drug-likeness (QED) is 0.739. The summed E-state index contributed by atoms with van der Waals surface area (Å²) in [6.07, 6.45) is 7.36. The second-order valence-corrected chi connectivity index (χ2v) is 5.02. The molecule has 0 radical (unpaired) electrons. The van der Waals surface area contributed by atoms with E-state index in [-0.39, 0.29) is 6.04 Å². The molecule has 0 amide bonds. The molecule has 0 aliphatic carbocycles. The van der Waals surface area contributed by atoms with Crippen molar-refractivity contribution in [3.8, 4) is 6.07 Å². The SMILES string of the molecule is CCCNC(C#N)CCN1CCCCC1CC. The molecule has 2 unspecified atom stereocenters. The van der Waals surface area contributed by atoms with Crippen LogP contribution in [0.1, 0.15) is 52.4 Å². The maximum atomic E-state index is 9.07. The number of likely N-dealkylation sites (tertiary alicyclic amines) is 1. The van der Waals surface area contributed by atoms with Gasteiger partial charge in [-0.15, -0.1) is 0 Å². The summed E-state index contributed by atoms with van der Waals surface area (Å²) in [6, 6.07) is 3.17. The van der Waals surface area contributed by atoms with E-state index in [4.69, 9.17) is 5.26 Å². The Labute approximate surface area is 106 Å². The Morgan fingerprint density at radius 2 is 2.24 bits per heavy atom. The van der Waals surface area contributed by atoms with Crippen molar-refractivity contribution in [1.29, 1.82) is 5.26 Å². The van der Waals surface area contributed by atoms with E-state index in [0.717, 1.165) is 32.0 Å². The molecule has 1 rings (SSSR count). The molecule has 0 aromatic rings. The van der Waals surface area contributed by atoms with Crippen LogP contribution >= 0.6 is 0 Å². The van der Waals surface area contributed by atoms with Gasteiger partial charge in [0.15, 0.2) is 0 Å². The maximum absolute atomic E-state index is 9.07. The topological polar surface area (TPSA) is 39.1 Å². The number of hydrogen-bond donors (Lipinski definition) is 1. The first-order valence-corrected chi connectivity index (χ1v) is 7.18. The predicted octanol–water partition coefficient (Wildman–Crippen LogP) is 2.53. The minimum atomic E-state index is 0.0365. The fraction of sp³-hybridized carbons (Fsp3) is 0.929. The van der Waals surface area contributed by atoms with Crippen molar-refractivity contribution >= 4 is 0 Å². The zero-order valence-corrected chi connectivity index (χ0v) is 11.4. The van der Waals surface area contributed by atoms with Crippen molar-refractivity contribution in [3.63, 3.8) is 0 Å². The summed E-state index contributed by atoms with van der Waals surface area (Å²) in [5, 5.41) is 12.4. The molecule has 0 aromatic heterocycles. The van der Waals surface area contributed by atoms with E-state index in [1.807, 2.05) is 0 Å². The Morgan fingerprint density at radius 1 is 1.41 bits per heavy atom. The fourth-order valence-electron chi connectivity index (χ4n) is 2.64. The van der Waals surface area contributed by atoms with Gasteiger partial charge in [-0.05, 0) is 45.2 Å². The van der Waals surface area contributed by atoms with Crippen LogP contribution in [-0.4, -0.2) is 36.6 Å². The Kier molecular flexibility index (Phi) is 7.23. The number of piperidine rings is 1. The number of hydrogen-bond acceptors (Lipinski definition) is 3. The minimum absolute atomic E-state index is 0.0365. The van der Waals surface area contributed by atoms with Crippen LogP contribution in [0.2, 0.25) is 0 Å². The third-order valence-electron chi connectivity index (χ3n) is 3.72. The summed E-state index contributed by atoms with van der Waals surface area (Å²) in [5.41, 5.74) is 0. The Morgan fingerprint density at radius 3 is 2.88 bits per heavy atom. The molecule has 1 aliphatic rings. The molecule has 2 atom stereocenters. The van der Waals surface area contributed by atoms with E-state index < -0.39 is 0 Å².